The maximum atomic E-state index is 9.47. The van der Waals surface area contributed by atoms with Gasteiger partial charge in [-0.25, -0.2) is 4.98 Å². The number of imidazole rings is 1. The lowest BCUT2D eigenvalue weighted by Crippen LogP contribution is -2.20. The zero-order valence-electron chi connectivity index (χ0n) is 10.8. The van der Waals surface area contributed by atoms with Crippen LogP contribution in [0.4, 0.5) is 0 Å². The van der Waals surface area contributed by atoms with Gasteiger partial charge in [-0.2, -0.15) is 0 Å². The Labute approximate surface area is 112 Å². The number of aromatic nitrogens is 2. The molecule has 2 N–H and O–H groups in total. The number of rotatable bonds is 3. The number of aryl methyl sites for hydroxylation is 1. The van der Waals surface area contributed by atoms with E-state index in [1.54, 1.807) is 12.1 Å². The van der Waals surface area contributed by atoms with Crippen LogP contribution in [0.2, 0.25) is 0 Å². The van der Waals surface area contributed by atoms with Gasteiger partial charge < -0.3 is 14.8 Å². The van der Waals surface area contributed by atoms with Crippen molar-refractivity contribution in [1.82, 2.24) is 9.55 Å². The van der Waals surface area contributed by atoms with Crippen LogP contribution in [0, 0.1) is 0 Å². The van der Waals surface area contributed by atoms with Crippen molar-refractivity contribution in [3.05, 3.63) is 47.5 Å². The number of nitrogens with zero attached hydrogens (tertiary/aromatic N) is 2. The van der Waals surface area contributed by atoms with Gasteiger partial charge in [-0.05, 0) is 30.5 Å². The lowest BCUT2D eigenvalue weighted by Gasteiger charge is -2.22. The van der Waals surface area contributed by atoms with Crippen LogP contribution < -0.4 is 0 Å². The molecule has 0 fully saturated rings. The summed E-state index contributed by atoms with van der Waals surface area (Å²) >= 11 is 0. The first kappa shape index (κ1) is 12.2. The van der Waals surface area contributed by atoms with Gasteiger partial charge in [-0.15, -0.1) is 0 Å². The number of aromatic hydroxyl groups is 1. The monoisotopic (exact) mass is 258 g/mol. The number of aliphatic hydroxyl groups is 1. The minimum atomic E-state index is 0.175. The molecular formula is C15H18N2O2. The number of aliphatic hydroxyl groups excluding tert-OH is 1. The number of fused-ring (bicyclic) bond motifs is 1. The molecule has 0 spiro atoms. The van der Waals surface area contributed by atoms with Gasteiger partial charge in [-0.3, -0.25) is 0 Å². The molecule has 2 heterocycles. The Morgan fingerprint density at radius 3 is 3.05 bits per heavy atom. The van der Waals surface area contributed by atoms with E-state index in [2.05, 4.69) is 9.55 Å². The molecule has 1 unspecified atom stereocenters. The Hall–Kier alpha value is -1.81. The first-order valence-electron chi connectivity index (χ1n) is 6.71. The van der Waals surface area contributed by atoms with Gasteiger partial charge in [0.25, 0.3) is 0 Å². The van der Waals surface area contributed by atoms with Crippen molar-refractivity contribution in [3.8, 4) is 5.75 Å². The fourth-order valence-electron chi connectivity index (χ4n) is 2.76. The molecule has 0 aliphatic carbocycles. The van der Waals surface area contributed by atoms with Crippen LogP contribution >= 0.6 is 0 Å². The lowest BCUT2D eigenvalue weighted by atomic mass is 10.1. The lowest BCUT2D eigenvalue weighted by molar-refractivity contribution is 0.206. The van der Waals surface area contributed by atoms with Crippen LogP contribution in [0.25, 0.3) is 0 Å². The van der Waals surface area contributed by atoms with Crippen LogP contribution in [0.1, 0.15) is 36.0 Å². The molecular weight excluding hydrogens is 240 g/mol. The van der Waals surface area contributed by atoms with Gasteiger partial charge in [0.1, 0.15) is 11.6 Å². The van der Waals surface area contributed by atoms with E-state index in [9.17, 15) is 10.2 Å². The highest BCUT2D eigenvalue weighted by atomic mass is 16.3. The standard InChI is InChI=1S/C15H18N2O2/c18-10-13-4-2-6-15-16-12(9-17(13)15)7-11-3-1-5-14(19)8-11/h1,3,5,8-9,13,18-19H,2,4,6-7,10H2. The van der Waals surface area contributed by atoms with Gasteiger partial charge in [0.05, 0.1) is 18.3 Å². The van der Waals surface area contributed by atoms with Crippen molar-refractivity contribution in [1.29, 1.82) is 0 Å². The number of hydrogen-bond acceptors (Lipinski definition) is 3. The highest BCUT2D eigenvalue weighted by Crippen LogP contribution is 2.25. The molecule has 1 aliphatic rings. The summed E-state index contributed by atoms with van der Waals surface area (Å²) in [6, 6.07) is 7.44. The first-order chi connectivity index (χ1) is 9.26. The molecule has 0 radical (unpaired) electrons. The van der Waals surface area contributed by atoms with Crippen LogP contribution in [0.15, 0.2) is 30.5 Å². The largest absolute Gasteiger partial charge is 0.508 e. The zero-order valence-corrected chi connectivity index (χ0v) is 10.8. The summed E-state index contributed by atoms with van der Waals surface area (Å²) < 4.78 is 2.11. The number of hydrogen-bond donors (Lipinski definition) is 2. The minimum Gasteiger partial charge on any atom is -0.508 e. The molecule has 4 heteroatoms. The summed E-state index contributed by atoms with van der Waals surface area (Å²) in [5, 5.41) is 18.9. The molecule has 0 amide bonds. The summed E-state index contributed by atoms with van der Waals surface area (Å²) in [7, 11) is 0. The molecule has 19 heavy (non-hydrogen) atoms. The smallest absolute Gasteiger partial charge is 0.115 e. The molecule has 1 aromatic heterocycles. The van der Waals surface area contributed by atoms with Crippen LogP contribution in [0.5, 0.6) is 5.75 Å². The number of benzene rings is 1. The molecule has 1 aliphatic heterocycles. The minimum absolute atomic E-state index is 0.175. The second kappa shape index (κ2) is 5.05. The summed E-state index contributed by atoms with van der Waals surface area (Å²) in [5.74, 6) is 1.36. The molecule has 4 nitrogen and oxygen atoms in total. The van der Waals surface area contributed by atoms with Gasteiger partial charge >= 0.3 is 0 Å². The average Bonchev–Trinajstić information content (AvgIpc) is 2.80. The predicted octanol–water partition coefficient (Wildman–Crippen LogP) is 2.05. The van der Waals surface area contributed by atoms with E-state index in [0.717, 1.165) is 36.3 Å². The van der Waals surface area contributed by atoms with Crippen molar-refractivity contribution in [2.24, 2.45) is 0 Å². The first-order valence-corrected chi connectivity index (χ1v) is 6.71. The second-order valence-corrected chi connectivity index (χ2v) is 5.13. The molecule has 1 aromatic carbocycles. The maximum absolute atomic E-state index is 9.47. The summed E-state index contributed by atoms with van der Waals surface area (Å²) in [4.78, 5) is 4.64. The summed E-state index contributed by atoms with van der Waals surface area (Å²) in [6.45, 7) is 0.176. The van der Waals surface area contributed by atoms with Gasteiger partial charge in [-0.1, -0.05) is 12.1 Å². The molecule has 0 saturated heterocycles. The van der Waals surface area contributed by atoms with Crippen molar-refractivity contribution in [2.75, 3.05) is 6.61 Å². The van der Waals surface area contributed by atoms with E-state index >= 15 is 0 Å². The highest BCUT2D eigenvalue weighted by Gasteiger charge is 2.20. The Kier molecular flexibility index (Phi) is 3.25. The third-order valence-corrected chi connectivity index (χ3v) is 3.70. The van der Waals surface area contributed by atoms with Crippen LogP contribution in [-0.2, 0) is 12.8 Å². The fourth-order valence-corrected chi connectivity index (χ4v) is 2.76. The SMILES string of the molecule is OCC1CCCc2nc(Cc3cccc(O)c3)cn21. The van der Waals surface area contributed by atoms with Gasteiger partial charge in [0.15, 0.2) is 0 Å². The Morgan fingerprint density at radius 2 is 2.26 bits per heavy atom. The highest BCUT2D eigenvalue weighted by molar-refractivity contribution is 5.30. The Morgan fingerprint density at radius 1 is 1.37 bits per heavy atom. The maximum Gasteiger partial charge on any atom is 0.115 e. The van der Waals surface area contributed by atoms with E-state index in [4.69, 9.17) is 0 Å². The second-order valence-electron chi connectivity index (χ2n) is 5.13. The van der Waals surface area contributed by atoms with Gasteiger partial charge in [0.2, 0.25) is 0 Å². The molecule has 1 atom stereocenters. The van der Waals surface area contributed by atoms with Crippen molar-refractivity contribution in [2.45, 2.75) is 31.7 Å². The average molecular weight is 258 g/mol. The van der Waals surface area contributed by atoms with Crippen LogP contribution in [0.3, 0.4) is 0 Å². The van der Waals surface area contributed by atoms with E-state index < -0.39 is 0 Å². The topological polar surface area (TPSA) is 58.3 Å². The Bertz CT molecular complexity index is 577. The third kappa shape index (κ3) is 2.49. The quantitative estimate of drug-likeness (QED) is 0.886. The van der Waals surface area contributed by atoms with Gasteiger partial charge in [0, 0.05) is 19.0 Å². The van der Waals surface area contributed by atoms with Crippen molar-refractivity contribution < 1.29 is 10.2 Å². The molecule has 2 aromatic rings. The van der Waals surface area contributed by atoms with Crippen molar-refractivity contribution in [3.63, 3.8) is 0 Å². The molecule has 0 saturated carbocycles. The van der Waals surface area contributed by atoms with Crippen LogP contribution in [-0.4, -0.2) is 26.4 Å². The molecule has 100 valence electrons. The Balaban J connectivity index is 1.85. The fraction of sp³-hybridized carbons (Fsp3) is 0.400. The normalized spacial score (nSPS) is 18.3. The summed E-state index contributed by atoms with van der Waals surface area (Å²) in [6.07, 6.45) is 5.85. The molecule has 0 bridgehead atoms. The number of phenols is 1. The van der Waals surface area contributed by atoms with E-state index in [1.165, 1.54) is 0 Å². The van der Waals surface area contributed by atoms with Crippen molar-refractivity contribution >= 4 is 0 Å². The third-order valence-electron chi connectivity index (χ3n) is 3.70. The molecule has 3 rings (SSSR count). The summed E-state index contributed by atoms with van der Waals surface area (Å²) in [5.41, 5.74) is 2.05. The van der Waals surface area contributed by atoms with E-state index in [0.29, 0.717) is 6.42 Å². The zero-order chi connectivity index (χ0) is 13.2. The van der Waals surface area contributed by atoms with E-state index in [-0.39, 0.29) is 18.4 Å². The van der Waals surface area contributed by atoms with E-state index in [1.807, 2.05) is 18.3 Å². The predicted molar refractivity (Wildman–Crippen MR) is 72.2 cm³/mol. The number of phenolic OH excluding ortho intramolecular Hbond substituents is 1.